The maximum atomic E-state index is 12.8. The van der Waals surface area contributed by atoms with Gasteiger partial charge >= 0.3 is 6.09 Å². The lowest BCUT2D eigenvalue weighted by atomic mass is 9.95. The number of ether oxygens (including phenoxy) is 1. The summed E-state index contributed by atoms with van der Waals surface area (Å²) in [5, 5.41) is 0. The van der Waals surface area contributed by atoms with Crippen molar-refractivity contribution in [2.45, 2.75) is 43.6 Å². The summed E-state index contributed by atoms with van der Waals surface area (Å²) in [4.78, 5) is 32.1. The molecule has 0 aromatic carbocycles. The Bertz CT molecular complexity index is 639. The summed E-state index contributed by atoms with van der Waals surface area (Å²) in [5.74, 6) is 1.04. The quantitative estimate of drug-likeness (QED) is 0.833. The normalized spacial score (nSPS) is 28.1. The monoisotopic (exact) mass is 319 g/mol. The van der Waals surface area contributed by atoms with E-state index in [0.29, 0.717) is 37.7 Å². The van der Waals surface area contributed by atoms with E-state index in [2.05, 4.69) is 4.98 Å². The second kappa shape index (κ2) is 5.25. The van der Waals surface area contributed by atoms with Crippen LogP contribution in [0.2, 0.25) is 0 Å². The Morgan fingerprint density at radius 1 is 1.35 bits per heavy atom. The summed E-state index contributed by atoms with van der Waals surface area (Å²) >= 11 is 0. The number of carbonyl (C=O) groups excluding carboxylic acids is 2. The molecular formula is C16H21N3O4. The van der Waals surface area contributed by atoms with Crippen molar-refractivity contribution in [3.05, 3.63) is 17.8 Å². The van der Waals surface area contributed by atoms with Crippen LogP contribution in [0.25, 0.3) is 0 Å². The van der Waals surface area contributed by atoms with Gasteiger partial charge in [0, 0.05) is 32.5 Å². The van der Waals surface area contributed by atoms with E-state index in [1.165, 1.54) is 6.39 Å². The molecule has 0 N–H and O–H groups in total. The average molecular weight is 319 g/mol. The first-order valence-corrected chi connectivity index (χ1v) is 8.25. The highest BCUT2D eigenvalue weighted by atomic mass is 16.6. The first kappa shape index (κ1) is 14.5. The third-order valence-corrected chi connectivity index (χ3v) is 5.07. The van der Waals surface area contributed by atoms with Crippen LogP contribution in [0.15, 0.2) is 10.8 Å². The molecule has 1 spiro atoms. The third kappa shape index (κ3) is 2.58. The summed E-state index contributed by atoms with van der Waals surface area (Å²) in [6, 6.07) is 0. The molecule has 2 amide bonds. The summed E-state index contributed by atoms with van der Waals surface area (Å²) in [6.45, 7) is 1.85. The molecule has 0 radical (unpaired) electrons. The highest BCUT2D eigenvalue weighted by Crippen LogP contribution is 2.42. The number of aromatic nitrogens is 1. The second-order valence-corrected chi connectivity index (χ2v) is 6.89. The third-order valence-electron chi connectivity index (χ3n) is 5.07. The molecule has 1 aliphatic carbocycles. The van der Waals surface area contributed by atoms with E-state index in [1.54, 1.807) is 11.9 Å². The topological polar surface area (TPSA) is 75.9 Å². The zero-order valence-electron chi connectivity index (χ0n) is 13.3. The molecule has 3 fully saturated rings. The fourth-order valence-electron chi connectivity index (χ4n) is 3.62. The Labute approximate surface area is 134 Å². The van der Waals surface area contributed by atoms with E-state index >= 15 is 0 Å². The summed E-state index contributed by atoms with van der Waals surface area (Å²) < 4.78 is 11.0. The predicted octanol–water partition coefficient (Wildman–Crippen LogP) is 2.00. The Balaban J connectivity index is 1.47. The van der Waals surface area contributed by atoms with Gasteiger partial charge in [0.2, 0.25) is 0 Å². The zero-order chi connectivity index (χ0) is 16.0. The van der Waals surface area contributed by atoms with Crippen LogP contribution in [0, 0.1) is 0 Å². The van der Waals surface area contributed by atoms with Gasteiger partial charge in [0.15, 0.2) is 12.1 Å². The van der Waals surface area contributed by atoms with Gasteiger partial charge in [-0.1, -0.05) is 0 Å². The molecule has 1 aromatic rings. The fourth-order valence-corrected chi connectivity index (χ4v) is 3.62. The molecule has 124 valence electrons. The lowest BCUT2D eigenvalue weighted by Crippen LogP contribution is -2.37. The molecule has 2 saturated heterocycles. The molecule has 4 rings (SSSR count). The Hall–Kier alpha value is -2.05. The van der Waals surface area contributed by atoms with Gasteiger partial charge < -0.3 is 19.0 Å². The van der Waals surface area contributed by atoms with E-state index < -0.39 is 5.60 Å². The Kier molecular flexibility index (Phi) is 3.32. The van der Waals surface area contributed by atoms with Gasteiger partial charge in [0.1, 0.15) is 11.4 Å². The van der Waals surface area contributed by atoms with Crippen LogP contribution in [-0.2, 0) is 4.74 Å². The Morgan fingerprint density at radius 2 is 2.17 bits per heavy atom. The Morgan fingerprint density at radius 3 is 2.87 bits per heavy atom. The van der Waals surface area contributed by atoms with Crippen LogP contribution in [0.1, 0.15) is 54.3 Å². The molecule has 7 heteroatoms. The minimum absolute atomic E-state index is 0.0598. The van der Waals surface area contributed by atoms with Gasteiger partial charge in [0.25, 0.3) is 5.91 Å². The lowest BCUT2D eigenvalue weighted by molar-refractivity contribution is 0.0438. The number of nitrogens with zero attached hydrogens (tertiary/aromatic N) is 3. The number of likely N-dealkylation sites (N-methyl/N-ethyl adjacent to an activating group) is 1. The number of likely N-dealkylation sites (tertiary alicyclic amines) is 1. The van der Waals surface area contributed by atoms with E-state index in [-0.39, 0.29) is 12.0 Å². The molecule has 3 heterocycles. The van der Waals surface area contributed by atoms with E-state index in [4.69, 9.17) is 9.15 Å². The van der Waals surface area contributed by atoms with Crippen LogP contribution in [0.4, 0.5) is 4.79 Å². The minimum atomic E-state index is -0.440. The second-order valence-electron chi connectivity index (χ2n) is 6.89. The van der Waals surface area contributed by atoms with Crippen molar-refractivity contribution >= 4 is 12.0 Å². The number of carbonyl (C=O) groups is 2. The van der Waals surface area contributed by atoms with Gasteiger partial charge in [-0.05, 0) is 25.7 Å². The van der Waals surface area contributed by atoms with Crippen LogP contribution in [0.5, 0.6) is 0 Å². The number of hydrogen-bond acceptors (Lipinski definition) is 5. The van der Waals surface area contributed by atoms with Gasteiger partial charge in [-0.25, -0.2) is 9.78 Å². The van der Waals surface area contributed by atoms with Crippen molar-refractivity contribution in [2.75, 3.05) is 26.7 Å². The van der Waals surface area contributed by atoms with Gasteiger partial charge in [0.05, 0.1) is 6.54 Å². The fraction of sp³-hybridized carbons (Fsp3) is 0.688. The summed E-state index contributed by atoms with van der Waals surface area (Å²) in [5.41, 5.74) is 0.0216. The van der Waals surface area contributed by atoms with E-state index in [0.717, 1.165) is 31.4 Å². The van der Waals surface area contributed by atoms with E-state index in [1.807, 2.05) is 4.90 Å². The first-order valence-electron chi connectivity index (χ1n) is 8.25. The molecule has 1 aromatic heterocycles. The number of amides is 2. The van der Waals surface area contributed by atoms with Gasteiger partial charge in [-0.3, -0.25) is 4.79 Å². The standard InChI is InChI=1S/C16H21N3O4/c1-18-9-16(23-15(18)21)5-2-7-19(8-6-16)14(20)12-13(11-3-4-11)22-10-17-12/h10-11H,2-9H2,1H3/t16-/m1/s1. The molecule has 7 nitrogen and oxygen atoms in total. The van der Waals surface area contributed by atoms with Crippen molar-refractivity contribution in [2.24, 2.45) is 0 Å². The molecule has 0 bridgehead atoms. The van der Waals surface area contributed by atoms with Crippen LogP contribution in [0.3, 0.4) is 0 Å². The zero-order valence-corrected chi connectivity index (χ0v) is 13.3. The highest BCUT2D eigenvalue weighted by molar-refractivity contribution is 5.93. The van der Waals surface area contributed by atoms with Crippen molar-refractivity contribution in [1.29, 1.82) is 0 Å². The molecular weight excluding hydrogens is 298 g/mol. The molecule has 1 saturated carbocycles. The molecule has 23 heavy (non-hydrogen) atoms. The predicted molar refractivity (Wildman–Crippen MR) is 80.1 cm³/mol. The van der Waals surface area contributed by atoms with Crippen molar-refractivity contribution in [3.8, 4) is 0 Å². The van der Waals surface area contributed by atoms with Crippen LogP contribution >= 0.6 is 0 Å². The van der Waals surface area contributed by atoms with Crippen molar-refractivity contribution in [3.63, 3.8) is 0 Å². The number of hydrogen-bond donors (Lipinski definition) is 0. The molecule has 1 atom stereocenters. The van der Waals surface area contributed by atoms with E-state index in [9.17, 15) is 9.59 Å². The first-order chi connectivity index (χ1) is 11.1. The van der Waals surface area contributed by atoms with Gasteiger partial charge in [-0.15, -0.1) is 0 Å². The molecule has 3 aliphatic rings. The maximum Gasteiger partial charge on any atom is 0.410 e. The SMILES string of the molecule is CN1C[C@]2(CCCN(C(=O)c3ncoc3C3CC3)CC2)OC1=O. The number of oxazole rings is 1. The smallest absolute Gasteiger partial charge is 0.410 e. The number of rotatable bonds is 2. The van der Waals surface area contributed by atoms with Crippen LogP contribution in [-0.4, -0.2) is 59.1 Å². The molecule has 0 unspecified atom stereocenters. The summed E-state index contributed by atoms with van der Waals surface area (Å²) in [7, 11) is 1.75. The van der Waals surface area contributed by atoms with Crippen LogP contribution < -0.4 is 0 Å². The highest BCUT2D eigenvalue weighted by Gasteiger charge is 2.45. The van der Waals surface area contributed by atoms with Crippen molar-refractivity contribution in [1.82, 2.24) is 14.8 Å². The average Bonchev–Trinajstić information content (AvgIpc) is 3.23. The maximum absolute atomic E-state index is 12.8. The molecule has 2 aliphatic heterocycles. The van der Waals surface area contributed by atoms with Gasteiger partial charge in [-0.2, -0.15) is 0 Å². The largest absolute Gasteiger partial charge is 0.447 e. The lowest BCUT2D eigenvalue weighted by Gasteiger charge is -2.25. The van der Waals surface area contributed by atoms with Crippen molar-refractivity contribution < 1.29 is 18.7 Å². The minimum Gasteiger partial charge on any atom is -0.447 e. The summed E-state index contributed by atoms with van der Waals surface area (Å²) in [6.07, 6.45) is 5.53.